The first kappa shape index (κ1) is 23.8. The molecule has 9 heteroatoms. The molecule has 174 valence electrons. The van der Waals surface area contributed by atoms with Crippen LogP contribution >= 0.6 is 0 Å². The van der Waals surface area contributed by atoms with Gasteiger partial charge in [-0.25, -0.2) is 4.79 Å². The number of carbonyl (C=O) groups is 2. The molecule has 9 nitrogen and oxygen atoms in total. The Kier molecular flexibility index (Phi) is 7.66. The number of nitrogens with one attached hydrogen (secondary N) is 1. The number of benzene rings is 2. The van der Waals surface area contributed by atoms with Gasteiger partial charge >= 0.3 is 5.97 Å². The van der Waals surface area contributed by atoms with Gasteiger partial charge in [-0.2, -0.15) is 4.98 Å². The van der Waals surface area contributed by atoms with E-state index in [1.807, 2.05) is 24.3 Å². The molecule has 0 saturated heterocycles. The summed E-state index contributed by atoms with van der Waals surface area (Å²) in [7, 11) is 1.52. The number of para-hydroxylation sites is 2. The van der Waals surface area contributed by atoms with Crippen LogP contribution in [0.25, 0.3) is 0 Å². The first-order valence-corrected chi connectivity index (χ1v) is 10.4. The minimum atomic E-state index is -0.580. The van der Waals surface area contributed by atoms with Crippen molar-refractivity contribution >= 4 is 17.6 Å². The van der Waals surface area contributed by atoms with Crippen molar-refractivity contribution in [1.29, 1.82) is 0 Å². The zero-order valence-corrected chi connectivity index (χ0v) is 19.1. The lowest BCUT2D eigenvalue weighted by Gasteiger charge is -2.19. The van der Waals surface area contributed by atoms with Crippen molar-refractivity contribution in [3.8, 4) is 11.5 Å². The second-order valence-electron chi connectivity index (χ2n) is 8.25. The lowest BCUT2D eigenvalue weighted by atomic mass is 9.87. The van der Waals surface area contributed by atoms with Crippen molar-refractivity contribution in [3.05, 3.63) is 65.8 Å². The summed E-state index contributed by atoms with van der Waals surface area (Å²) in [6.07, 6.45) is -0.108. The molecule has 0 aliphatic rings. The van der Waals surface area contributed by atoms with Crippen molar-refractivity contribution in [2.45, 2.75) is 39.2 Å². The third kappa shape index (κ3) is 7.06. The Balaban J connectivity index is 1.43. The standard InChI is InChI=1S/C24H27N3O6/c1-24(2,3)16-9-11-17(12-10-16)31-15-23(29)32-14-22-26-20(27-33-22)13-21(28)25-18-7-5-6-8-19(18)30-4/h5-12H,13-15H2,1-4H3,(H,25,28). The Morgan fingerprint density at radius 2 is 1.79 bits per heavy atom. The molecule has 1 heterocycles. The SMILES string of the molecule is COc1ccccc1NC(=O)Cc1noc(COC(=O)COc2ccc(C(C)(C)C)cc2)n1. The van der Waals surface area contributed by atoms with Gasteiger partial charge in [0.25, 0.3) is 5.89 Å². The van der Waals surface area contributed by atoms with Crippen molar-refractivity contribution in [2.24, 2.45) is 0 Å². The van der Waals surface area contributed by atoms with Crippen LogP contribution in [-0.2, 0) is 32.8 Å². The number of esters is 1. The Bertz CT molecular complexity index is 1090. The van der Waals surface area contributed by atoms with Gasteiger partial charge in [-0.05, 0) is 35.2 Å². The maximum absolute atomic E-state index is 12.2. The Hall–Kier alpha value is -3.88. The zero-order valence-electron chi connectivity index (χ0n) is 19.1. The van der Waals surface area contributed by atoms with E-state index in [0.717, 1.165) is 0 Å². The van der Waals surface area contributed by atoms with Crippen molar-refractivity contribution in [3.63, 3.8) is 0 Å². The summed E-state index contributed by atoms with van der Waals surface area (Å²) in [5.74, 6) is 0.444. The molecule has 3 rings (SSSR count). The van der Waals surface area contributed by atoms with Gasteiger partial charge in [-0.1, -0.05) is 50.2 Å². The smallest absolute Gasteiger partial charge is 0.344 e. The normalized spacial score (nSPS) is 11.0. The average Bonchev–Trinajstić information content (AvgIpc) is 3.23. The predicted octanol–water partition coefficient (Wildman–Crippen LogP) is 3.68. The number of methoxy groups -OCH3 is 1. The van der Waals surface area contributed by atoms with Gasteiger partial charge in [0, 0.05) is 0 Å². The van der Waals surface area contributed by atoms with E-state index < -0.39 is 5.97 Å². The van der Waals surface area contributed by atoms with E-state index in [-0.39, 0.29) is 42.7 Å². The van der Waals surface area contributed by atoms with Crippen LogP contribution in [0.15, 0.2) is 53.1 Å². The lowest BCUT2D eigenvalue weighted by Crippen LogP contribution is -2.16. The Morgan fingerprint density at radius 3 is 2.48 bits per heavy atom. The van der Waals surface area contributed by atoms with Crippen LogP contribution in [0.5, 0.6) is 11.5 Å². The fourth-order valence-corrected chi connectivity index (χ4v) is 2.88. The molecule has 0 aliphatic heterocycles. The fraction of sp³-hybridized carbons (Fsp3) is 0.333. The summed E-state index contributed by atoms with van der Waals surface area (Å²) in [6, 6.07) is 14.6. The molecule has 0 atom stereocenters. The third-order valence-corrected chi connectivity index (χ3v) is 4.64. The maximum Gasteiger partial charge on any atom is 0.344 e. The highest BCUT2D eigenvalue weighted by Crippen LogP contribution is 2.24. The number of ether oxygens (including phenoxy) is 3. The van der Waals surface area contributed by atoms with E-state index in [0.29, 0.717) is 17.2 Å². The topological polar surface area (TPSA) is 113 Å². The van der Waals surface area contributed by atoms with E-state index in [2.05, 4.69) is 36.2 Å². The molecule has 33 heavy (non-hydrogen) atoms. The summed E-state index contributed by atoms with van der Waals surface area (Å²) in [6.45, 7) is 5.89. The van der Waals surface area contributed by atoms with Crippen molar-refractivity contribution in [1.82, 2.24) is 10.1 Å². The molecule has 0 saturated carbocycles. The molecule has 1 aromatic heterocycles. The van der Waals surface area contributed by atoms with E-state index in [1.165, 1.54) is 12.7 Å². The second kappa shape index (κ2) is 10.6. The third-order valence-electron chi connectivity index (χ3n) is 4.64. The van der Waals surface area contributed by atoms with E-state index >= 15 is 0 Å². The Labute approximate surface area is 192 Å². The molecule has 0 spiro atoms. The number of hydrogen-bond acceptors (Lipinski definition) is 8. The van der Waals surface area contributed by atoms with Crippen molar-refractivity contribution < 1.29 is 28.3 Å². The second-order valence-corrected chi connectivity index (χ2v) is 8.25. The van der Waals surface area contributed by atoms with Gasteiger partial charge in [0.2, 0.25) is 5.91 Å². The predicted molar refractivity (Wildman–Crippen MR) is 120 cm³/mol. The van der Waals surface area contributed by atoms with Crippen molar-refractivity contribution in [2.75, 3.05) is 19.0 Å². The number of carbonyl (C=O) groups excluding carboxylic acids is 2. The van der Waals surface area contributed by atoms with Crippen LogP contribution in [0.3, 0.4) is 0 Å². The van der Waals surface area contributed by atoms with E-state index in [4.69, 9.17) is 18.7 Å². The van der Waals surface area contributed by atoms with Crippen LogP contribution < -0.4 is 14.8 Å². The van der Waals surface area contributed by atoms with Gasteiger partial charge in [0.05, 0.1) is 19.2 Å². The van der Waals surface area contributed by atoms with Gasteiger partial charge < -0.3 is 24.1 Å². The summed E-state index contributed by atoms with van der Waals surface area (Å²) in [5.41, 5.74) is 1.74. The van der Waals surface area contributed by atoms with Crippen LogP contribution in [0.4, 0.5) is 5.69 Å². The molecule has 3 aromatic rings. The summed E-state index contributed by atoms with van der Waals surface area (Å²) in [5, 5.41) is 6.46. The van der Waals surface area contributed by atoms with Crippen LogP contribution in [0, 0.1) is 0 Å². The highest BCUT2D eigenvalue weighted by Gasteiger charge is 2.15. The summed E-state index contributed by atoms with van der Waals surface area (Å²) < 4.78 is 20.8. The molecular weight excluding hydrogens is 426 g/mol. The minimum Gasteiger partial charge on any atom is -0.495 e. The fourth-order valence-electron chi connectivity index (χ4n) is 2.88. The molecule has 1 N–H and O–H groups in total. The highest BCUT2D eigenvalue weighted by atomic mass is 16.6. The van der Waals surface area contributed by atoms with Crippen LogP contribution in [0.2, 0.25) is 0 Å². The number of nitrogens with zero attached hydrogens (tertiary/aromatic N) is 2. The number of anilines is 1. The van der Waals surface area contributed by atoms with E-state index in [9.17, 15) is 9.59 Å². The minimum absolute atomic E-state index is 0.0372. The monoisotopic (exact) mass is 453 g/mol. The summed E-state index contributed by atoms with van der Waals surface area (Å²) >= 11 is 0. The van der Waals surface area contributed by atoms with Crippen LogP contribution in [-0.4, -0.2) is 35.7 Å². The van der Waals surface area contributed by atoms with Crippen LogP contribution in [0.1, 0.15) is 38.0 Å². The first-order valence-electron chi connectivity index (χ1n) is 10.4. The molecule has 0 aliphatic carbocycles. The molecule has 0 bridgehead atoms. The lowest BCUT2D eigenvalue weighted by molar-refractivity contribution is -0.148. The molecule has 1 amide bonds. The first-order chi connectivity index (χ1) is 15.7. The number of amides is 1. The average molecular weight is 453 g/mol. The van der Waals surface area contributed by atoms with E-state index in [1.54, 1.807) is 24.3 Å². The van der Waals surface area contributed by atoms with Gasteiger partial charge in [0.1, 0.15) is 11.5 Å². The number of rotatable bonds is 9. The molecule has 0 fully saturated rings. The molecule has 0 unspecified atom stereocenters. The molecule has 2 aromatic carbocycles. The maximum atomic E-state index is 12.2. The molecular formula is C24H27N3O6. The van der Waals surface area contributed by atoms with Gasteiger partial charge in [-0.3, -0.25) is 4.79 Å². The number of aromatic nitrogens is 2. The Morgan fingerprint density at radius 1 is 1.06 bits per heavy atom. The highest BCUT2D eigenvalue weighted by molar-refractivity contribution is 5.93. The van der Waals surface area contributed by atoms with Gasteiger partial charge in [0.15, 0.2) is 19.0 Å². The van der Waals surface area contributed by atoms with Gasteiger partial charge in [-0.15, -0.1) is 0 Å². The summed E-state index contributed by atoms with van der Waals surface area (Å²) in [4.78, 5) is 28.3. The quantitative estimate of drug-likeness (QED) is 0.488. The molecule has 0 radical (unpaired) electrons. The zero-order chi connectivity index (χ0) is 23.8. The largest absolute Gasteiger partial charge is 0.495 e. The number of hydrogen-bond donors (Lipinski definition) is 1.